The highest BCUT2D eigenvalue weighted by atomic mass is 16.6. The summed E-state index contributed by atoms with van der Waals surface area (Å²) in [5.41, 5.74) is 3.47. The number of carbonyl (C=O) groups excluding carboxylic acids is 1. The van der Waals surface area contributed by atoms with Gasteiger partial charge in [-0.3, -0.25) is 14.9 Å². The number of rotatable bonds is 6. The Balaban J connectivity index is 1.26. The number of hydrogen-bond donors (Lipinski definition) is 1. The third-order valence-corrected chi connectivity index (χ3v) is 5.14. The van der Waals surface area contributed by atoms with Crippen LogP contribution >= 0.6 is 0 Å². The molecule has 0 aliphatic rings. The van der Waals surface area contributed by atoms with Crippen LogP contribution < -0.4 is 5.32 Å². The van der Waals surface area contributed by atoms with Gasteiger partial charge >= 0.3 is 0 Å². The first-order valence-corrected chi connectivity index (χ1v) is 10.2. The predicted molar refractivity (Wildman–Crippen MR) is 121 cm³/mol. The van der Waals surface area contributed by atoms with E-state index in [1.807, 2.05) is 48.5 Å². The fraction of sp³-hybridized carbons (Fsp3) is 0.0400. The third kappa shape index (κ3) is 4.09. The number of para-hydroxylation sites is 3. The maximum absolute atomic E-state index is 12.5. The van der Waals surface area contributed by atoms with E-state index in [1.165, 1.54) is 12.1 Å². The Morgan fingerprint density at radius 2 is 1.67 bits per heavy atom. The topological polar surface area (TPSA) is 111 Å². The van der Waals surface area contributed by atoms with E-state index in [4.69, 9.17) is 8.83 Å². The highest BCUT2D eigenvalue weighted by Crippen LogP contribution is 2.31. The van der Waals surface area contributed by atoms with Crippen LogP contribution in [0.4, 0.5) is 5.69 Å². The molecule has 2 heterocycles. The Hall–Kier alpha value is -4.72. The summed E-state index contributed by atoms with van der Waals surface area (Å²) in [4.78, 5) is 27.7. The van der Waals surface area contributed by atoms with Gasteiger partial charge in [-0.25, -0.2) is 4.98 Å². The lowest BCUT2D eigenvalue weighted by Gasteiger charge is -2.04. The van der Waals surface area contributed by atoms with Crippen LogP contribution in [-0.4, -0.2) is 15.8 Å². The summed E-state index contributed by atoms with van der Waals surface area (Å²) in [6, 6.07) is 24.4. The van der Waals surface area contributed by atoms with Gasteiger partial charge in [0.25, 0.3) is 11.6 Å². The summed E-state index contributed by atoms with van der Waals surface area (Å²) in [5, 5.41) is 14.0. The molecule has 0 unspecified atom stereocenters. The summed E-state index contributed by atoms with van der Waals surface area (Å²) in [7, 11) is 0. The minimum atomic E-state index is -0.484. The standard InChI is InChI=1S/C25H17N3O5/c29-24(23-14-13-21(32-23)18-5-1-3-7-20(18)28(30)31)26-15-16-9-11-17(12-10-16)25-27-19-6-2-4-8-22(19)33-25/h1-14H,15H2,(H,26,29). The molecule has 5 rings (SSSR count). The zero-order valence-corrected chi connectivity index (χ0v) is 17.2. The molecule has 1 amide bonds. The molecule has 3 aromatic carbocycles. The van der Waals surface area contributed by atoms with Crippen molar-refractivity contribution in [3.8, 4) is 22.8 Å². The fourth-order valence-corrected chi connectivity index (χ4v) is 3.48. The molecule has 8 nitrogen and oxygen atoms in total. The van der Waals surface area contributed by atoms with Gasteiger partial charge in [-0.1, -0.05) is 36.4 Å². The number of aromatic nitrogens is 1. The molecule has 1 N–H and O–H groups in total. The predicted octanol–water partition coefficient (Wildman–Crippen LogP) is 5.59. The normalized spacial score (nSPS) is 10.9. The summed E-state index contributed by atoms with van der Waals surface area (Å²) < 4.78 is 11.4. The zero-order chi connectivity index (χ0) is 22.8. The second kappa shape index (κ2) is 8.43. The number of benzene rings is 3. The molecule has 2 aromatic heterocycles. The van der Waals surface area contributed by atoms with E-state index in [-0.39, 0.29) is 23.8 Å². The minimum absolute atomic E-state index is 0.0752. The smallest absolute Gasteiger partial charge is 0.287 e. The van der Waals surface area contributed by atoms with E-state index in [1.54, 1.807) is 24.3 Å². The van der Waals surface area contributed by atoms with Gasteiger partial charge in [-0.2, -0.15) is 0 Å². The Bertz CT molecular complexity index is 1430. The maximum atomic E-state index is 12.5. The summed E-state index contributed by atoms with van der Waals surface area (Å²) in [6.07, 6.45) is 0. The maximum Gasteiger partial charge on any atom is 0.287 e. The van der Waals surface area contributed by atoms with Gasteiger partial charge in [0.05, 0.1) is 10.5 Å². The highest BCUT2D eigenvalue weighted by Gasteiger charge is 2.19. The van der Waals surface area contributed by atoms with Crippen molar-refractivity contribution in [2.45, 2.75) is 6.54 Å². The second-order valence-electron chi connectivity index (χ2n) is 7.30. The SMILES string of the molecule is O=C(NCc1ccc(-c2nc3ccccc3o2)cc1)c1ccc(-c2ccccc2[N+](=O)[O-])o1. The van der Waals surface area contributed by atoms with Gasteiger partial charge < -0.3 is 14.2 Å². The first-order valence-electron chi connectivity index (χ1n) is 10.2. The van der Waals surface area contributed by atoms with Crippen molar-refractivity contribution in [3.05, 3.63) is 106 Å². The molecule has 33 heavy (non-hydrogen) atoms. The molecule has 0 fully saturated rings. The number of fused-ring (bicyclic) bond motifs is 1. The van der Waals surface area contributed by atoms with Crippen LogP contribution in [-0.2, 0) is 6.54 Å². The van der Waals surface area contributed by atoms with Crippen molar-refractivity contribution in [2.24, 2.45) is 0 Å². The van der Waals surface area contributed by atoms with Crippen molar-refractivity contribution in [1.29, 1.82) is 0 Å². The van der Waals surface area contributed by atoms with Crippen molar-refractivity contribution in [2.75, 3.05) is 0 Å². The van der Waals surface area contributed by atoms with Crippen LogP contribution in [0.1, 0.15) is 16.1 Å². The number of nitrogens with one attached hydrogen (secondary N) is 1. The average Bonchev–Trinajstić information content (AvgIpc) is 3.50. The minimum Gasteiger partial charge on any atom is -0.451 e. The van der Waals surface area contributed by atoms with E-state index in [9.17, 15) is 14.9 Å². The number of nitro groups is 1. The quantitative estimate of drug-likeness (QED) is 0.273. The van der Waals surface area contributed by atoms with E-state index < -0.39 is 10.8 Å². The van der Waals surface area contributed by atoms with Crippen LogP contribution in [0.2, 0.25) is 0 Å². The lowest BCUT2D eigenvalue weighted by Crippen LogP contribution is -2.22. The molecular formula is C25H17N3O5. The Labute approximate surface area is 187 Å². The number of amides is 1. The Morgan fingerprint density at radius 3 is 2.45 bits per heavy atom. The van der Waals surface area contributed by atoms with Gasteiger partial charge in [-0.15, -0.1) is 0 Å². The highest BCUT2D eigenvalue weighted by molar-refractivity contribution is 5.92. The van der Waals surface area contributed by atoms with Crippen molar-refractivity contribution >= 4 is 22.7 Å². The van der Waals surface area contributed by atoms with Gasteiger partial charge in [0.1, 0.15) is 11.3 Å². The van der Waals surface area contributed by atoms with Gasteiger partial charge in [0.15, 0.2) is 11.3 Å². The van der Waals surface area contributed by atoms with E-state index in [2.05, 4.69) is 10.3 Å². The summed E-state index contributed by atoms with van der Waals surface area (Å²) >= 11 is 0. The zero-order valence-electron chi connectivity index (χ0n) is 17.2. The lowest BCUT2D eigenvalue weighted by molar-refractivity contribution is -0.384. The van der Waals surface area contributed by atoms with Crippen LogP contribution in [0, 0.1) is 10.1 Å². The van der Waals surface area contributed by atoms with Gasteiger partial charge in [0.2, 0.25) is 5.89 Å². The van der Waals surface area contributed by atoms with Crippen LogP contribution in [0.3, 0.4) is 0 Å². The fourth-order valence-electron chi connectivity index (χ4n) is 3.48. The molecule has 162 valence electrons. The molecule has 0 saturated carbocycles. The van der Waals surface area contributed by atoms with E-state index in [0.717, 1.165) is 22.2 Å². The summed E-state index contributed by atoms with van der Waals surface area (Å²) in [5.74, 6) is 0.453. The second-order valence-corrected chi connectivity index (χ2v) is 7.30. The van der Waals surface area contributed by atoms with Crippen LogP contribution in [0.15, 0.2) is 93.8 Å². The van der Waals surface area contributed by atoms with Crippen molar-refractivity contribution in [3.63, 3.8) is 0 Å². The Morgan fingerprint density at radius 1 is 0.909 bits per heavy atom. The monoisotopic (exact) mass is 439 g/mol. The largest absolute Gasteiger partial charge is 0.451 e. The number of oxazole rings is 1. The van der Waals surface area contributed by atoms with E-state index in [0.29, 0.717) is 11.5 Å². The first kappa shape index (κ1) is 20.2. The van der Waals surface area contributed by atoms with Crippen molar-refractivity contribution < 1.29 is 18.6 Å². The first-order chi connectivity index (χ1) is 16.1. The lowest BCUT2D eigenvalue weighted by atomic mass is 10.1. The number of furan rings is 1. The van der Waals surface area contributed by atoms with Crippen LogP contribution in [0.5, 0.6) is 0 Å². The van der Waals surface area contributed by atoms with Crippen LogP contribution in [0.25, 0.3) is 33.9 Å². The van der Waals surface area contributed by atoms with Gasteiger partial charge in [0, 0.05) is 18.2 Å². The molecule has 0 bridgehead atoms. The number of carbonyl (C=O) groups is 1. The Kier molecular flexibility index (Phi) is 5.16. The molecule has 0 aliphatic carbocycles. The molecule has 5 aromatic rings. The van der Waals surface area contributed by atoms with Gasteiger partial charge in [-0.05, 0) is 48.0 Å². The molecule has 0 aliphatic heterocycles. The molecule has 0 spiro atoms. The molecule has 0 saturated heterocycles. The number of nitro benzene ring substituents is 1. The third-order valence-electron chi connectivity index (χ3n) is 5.14. The number of nitrogens with zero attached hydrogens (tertiary/aromatic N) is 2. The summed E-state index contributed by atoms with van der Waals surface area (Å²) in [6.45, 7) is 0.286. The molecule has 8 heteroatoms. The molecule has 0 atom stereocenters. The molecular weight excluding hydrogens is 422 g/mol. The van der Waals surface area contributed by atoms with E-state index >= 15 is 0 Å². The van der Waals surface area contributed by atoms with Crippen molar-refractivity contribution in [1.82, 2.24) is 10.3 Å². The molecule has 0 radical (unpaired) electrons. The average molecular weight is 439 g/mol. The number of hydrogen-bond acceptors (Lipinski definition) is 6.